The van der Waals surface area contributed by atoms with Crippen LogP contribution >= 0.6 is 0 Å². The first-order valence-corrected chi connectivity index (χ1v) is 5.65. The van der Waals surface area contributed by atoms with Gasteiger partial charge in [0.1, 0.15) is 5.82 Å². The minimum Gasteiger partial charge on any atom is -0.391 e. The Balaban J connectivity index is 2.40. The number of carbonyl (C=O) groups excluding carboxylic acids is 1. The third-order valence-corrected chi connectivity index (χ3v) is 2.37. The molecule has 1 atom stereocenters. The lowest BCUT2D eigenvalue weighted by Gasteiger charge is -2.15. The molecular weight excluding hydrogens is 218 g/mol. The summed E-state index contributed by atoms with van der Waals surface area (Å²) in [7, 11) is 0. The van der Waals surface area contributed by atoms with Crippen molar-refractivity contribution in [1.82, 2.24) is 10.3 Å². The van der Waals surface area contributed by atoms with E-state index in [1.165, 1.54) is 0 Å². The Labute approximate surface area is 101 Å². The Kier molecular flexibility index (Phi) is 4.90. The molecule has 0 aromatic carbocycles. The van der Waals surface area contributed by atoms with Crippen LogP contribution in [0, 0.1) is 12.8 Å². The van der Waals surface area contributed by atoms with Crippen molar-refractivity contribution in [2.24, 2.45) is 5.92 Å². The van der Waals surface area contributed by atoms with Gasteiger partial charge in [0.25, 0.3) is 0 Å². The summed E-state index contributed by atoms with van der Waals surface area (Å²) in [6, 6.07) is 5.03. The topological polar surface area (TPSA) is 74.2 Å². The Morgan fingerprint density at radius 2 is 2.18 bits per heavy atom. The van der Waals surface area contributed by atoms with E-state index in [4.69, 9.17) is 0 Å². The van der Waals surface area contributed by atoms with Gasteiger partial charge in [-0.2, -0.15) is 0 Å². The second-order valence-corrected chi connectivity index (χ2v) is 4.31. The SMILES string of the molecule is Cc1cccc(NC(=O)NC[C@@H](O)C(C)C)n1. The zero-order valence-corrected chi connectivity index (χ0v) is 10.4. The van der Waals surface area contributed by atoms with Gasteiger partial charge in [0.2, 0.25) is 0 Å². The lowest BCUT2D eigenvalue weighted by atomic mass is 10.1. The highest BCUT2D eigenvalue weighted by atomic mass is 16.3. The van der Waals surface area contributed by atoms with Gasteiger partial charge in [-0.25, -0.2) is 9.78 Å². The molecule has 17 heavy (non-hydrogen) atoms. The van der Waals surface area contributed by atoms with Gasteiger partial charge >= 0.3 is 6.03 Å². The second-order valence-electron chi connectivity index (χ2n) is 4.31. The number of aliphatic hydroxyl groups is 1. The molecule has 0 saturated heterocycles. The minimum atomic E-state index is -0.536. The number of hydrogen-bond donors (Lipinski definition) is 3. The maximum Gasteiger partial charge on any atom is 0.320 e. The van der Waals surface area contributed by atoms with Crippen molar-refractivity contribution in [3.8, 4) is 0 Å². The third kappa shape index (κ3) is 4.82. The van der Waals surface area contributed by atoms with Crippen molar-refractivity contribution >= 4 is 11.8 Å². The zero-order chi connectivity index (χ0) is 12.8. The van der Waals surface area contributed by atoms with Crippen molar-refractivity contribution in [3.05, 3.63) is 23.9 Å². The first-order valence-electron chi connectivity index (χ1n) is 5.65. The van der Waals surface area contributed by atoms with Crippen molar-refractivity contribution in [1.29, 1.82) is 0 Å². The van der Waals surface area contributed by atoms with E-state index in [1.807, 2.05) is 32.9 Å². The van der Waals surface area contributed by atoms with Crippen LogP contribution in [-0.2, 0) is 0 Å². The standard InChI is InChI=1S/C12H19N3O2/c1-8(2)10(16)7-13-12(17)15-11-6-4-5-9(3)14-11/h4-6,8,10,16H,7H2,1-3H3,(H2,13,14,15,17)/t10-/m1/s1. The number of nitrogens with zero attached hydrogens (tertiary/aromatic N) is 1. The molecule has 5 nitrogen and oxygen atoms in total. The Morgan fingerprint density at radius 1 is 1.47 bits per heavy atom. The Bertz CT molecular complexity index is 380. The molecule has 0 bridgehead atoms. The minimum absolute atomic E-state index is 0.118. The van der Waals surface area contributed by atoms with Gasteiger partial charge in [-0.05, 0) is 25.0 Å². The highest BCUT2D eigenvalue weighted by molar-refractivity contribution is 5.88. The molecule has 0 aliphatic heterocycles. The predicted octanol–water partition coefficient (Wildman–Crippen LogP) is 1.53. The number of aromatic nitrogens is 1. The van der Waals surface area contributed by atoms with Crippen LogP contribution in [0.2, 0.25) is 0 Å². The molecular formula is C12H19N3O2. The average Bonchev–Trinajstić information content (AvgIpc) is 2.25. The Hall–Kier alpha value is -1.62. The lowest BCUT2D eigenvalue weighted by molar-refractivity contribution is 0.126. The van der Waals surface area contributed by atoms with E-state index in [-0.39, 0.29) is 18.5 Å². The maximum absolute atomic E-state index is 11.5. The average molecular weight is 237 g/mol. The van der Waals surface area contributed by atoms with Gasteiger partial charge < -0.3 is 10.4 Å². The van der Waals surface area contributed by atoms with Crippen LogP contribution in [0.15, 0.2) is 18.2 Å². The highest BCUT2D eigenvalue weighted by Gasteiger charge is 2.10. The van der Waals surface area contributed by atoms with Crippen LogP contribution in [0.5, 0.6) is 0 Å². The van der Waals surface area contributed by atoms with Crippen LogP contribution in [0.3, 0.4) is 0 Å². The van der Waals surface area contributed by atoms with Crippen LogP contribution in [0.4, 0.5) is 10.6 Å². The maximum atomic E-state index is 11.5. The van der Waals surface area contributed by atoms with Gasteiger partial charge in [-0.15, -0.1) is 0 Å². The summed E-state index contributed by atoms with van der Waals surface area (Å²) in [4.78, 5) is 15.6. The van der Waals surface area contributed by atoms with Gasteiger partial charge in [-0.3, -0.25) is 5.32 Å². The fourth-order valence-corrected chi connectivity index (χ4v) is 1.21. The van der Waals surface area contributed by atoms with Crippen molar-refractivity contribution in [2.75, 3.05) is 11.9 Å². The summed E-state index contributed by atoms with van der Waals surface area (Å²) in [6.07, 6.45) is -0.536. The number of aliphatic hydroxyl groups excluding tert-OH is 1. The predicted molar refractivity (Wildman–Crippen MR) is 66.8 cm³/mol. The normalized spacial score (nSPS) is 12.3. The third-order valence-electron chi connectivity index (χ3n) is 2.37. The molecule has 0 aliphatic rings. The fraction of sp³-hybridized carbons (Fsp3) is 0.500. The second kappa shape index (κ2) is 6.20. The largest absolute Gasteiger partial charge is 0.391 e. The molecule has 3 N–H and O–H groups in total. The summed E-state index contributed by atoms with van der Waals surface area (Å²) in [5.74, 6) is 0.619. The molecule has 0 aliphatic carbocycles. The van der Waals surface area contributed by atoms with Gasteiger partial charge in [0.05, 0.1) is 6.10 Å². The van der Waals surface area contributed by atoms with Crippen molar-refractivity contribution in [2.45, 2.75) is 26.9 Å². The highest BCUT2D eigenvalue weighted by Crippen LogP contribution is 2.03. The van der Waals surface area contributed by atoms with Gasteiger partial charge in [-0.1, -0.05) is 19.9 Å². The molecule has 1 heterocycles. The monoisotopic (exact) mass is 237 g/mol. The molecule has 1 rings (SSSR count). The molecule has 0 saturated carbocycles. The molecule has 0 unspecified atom stereocenters. The number of amides is 2. The summed E-state index contributed by atoms with van der Waals surface area (Å²) >= 11 is 0. The lowest BCUT2D eigenvalue weighted by Crippen LogP contribution is -2.37. The van der Waals surface area contributed by atoms with E-state index in [2.05, 4.69) is 15.6 Å². The van der Waals surface area contributed by atoms with E-state index in [9.17, 15) is 9.90 Å². The number of rotatable bonds is 4. The number of carbonyl (C=O) groups is 1. The molecule has 1 aromatic heterocycles. The van der Waals surface area contributed by atoms with Crippen molar-refractivity contribution < 1.29 is 9.90 Å². The van der Waals surface area contributed by atoms with E-state index < -0.39 is 6.10 Å². The molecule has 0 spiro atoms. The zero-order valence-electron chi connectivity index (χ0n) is 10.4. The first-order chi connectivity index (χ1) is 7.99. The number of urea groups is 1. The molecule has 94 valence electrons. The smallest absolute Gasteiger partial charge is 0.320 e. The summed E-state index contributed by atoms with van der Waals surface area (Å²) in [6.45, 7) is 5.87. The summed E-state index contributed by atoms with van der Waals surface area (Å²) in [5.41, 5.74) is 0.838. The Morgan fingerprint density at radius 3 is 2.76 bits per heavy atom. The number of aryl methyl sites for hydroxylation is 1. The molecule has 1 aromatic rings. The summed E-state index contributed by atoms with van der Waals surface area (Å²) < 4.78 is 0. The van der Waals surface area contributed by atoms with E-state index in [0.717, 1.165) is 5.69 Å². The first kappa shape index (κ1) is 13.4. The molecule has 5 heteroatoms. The number of pyridine rings is 1. The number of anilines is 1. The van der Waals surface area contributed by atoms with E-state index in [0.29, 0.717) is 5.82 Å². The van der Waals surface area contributed by atoms with E-state index >= 15 is 0 Å². The quantitative estimate of drug-likeness (QED) is 0.743. The number of hydrogen-bond acceptors (Lipinski definition) is 3. The van der Waals surface area contributed by atoms with Gasteiger partial charge in [0, 0.05) is 12.2 Å². The fourth-order valence-electron chi connectivity index (χ4n) is 1.21. The van der Waals surface area contributed by atoms with Crippen LogP contribution in [0.1, 0.15) is 19.5 Å². The molecule has 0 radical (unpaired) electrons. The molecule has 0 fully saturated rings. The summed E-state index contributed by atoms with van der Waals surface area (Å²) in [5, 5.41) is 14.7. The van der Waals surface area contributed by atoms with Crippen molar-refractivity contribution in [3.63, 3.8) is 0 Å². The molecule has 2 amide bonds. The van der Waals surface area contributed by atoms with Crippen LogP contribution in [0.25, 0.3) is 0 Å². The van der Waals surface area contributed by atoms with E-state index in [1.54, 1.807) is 6.07 Å². The van der Waals surface area contributed by atoms with Gasteiger partial charge in [0.15, 0.2) is 0 Å². The van der Waals surface area contributed by atoms with Crippen LogP contribution < -0.4 is 10.6 Å². The van der Waals surface area contributed by atoms with Crippen LogP contribution in [-0.4, -0.2) is 28.8 Å². The number of nitrogens with one attached hydrogen (secondary N) is 2.